The molecule has 0 saturated heterocycles. The summed E-state index contributed by atoms with van der Waals surface area (Å²) in [6.45, 7) is 0.182. The standard InChI is InChI=1S/C15H11BrFNO3/c16-11-5-10(8-19)14(20)13(6-11)15(21)18-7-9-1-3-12(17)4-2-9/h1-6,8,20H,7H2,(H,18,21). The maximum atomic E-state index is 12.8. The zero-order chi connectivity index (χ0) is 15.4. The van der Waals surface area contributed by atoms with Crippen LogP contribution in [0.5, 0.6) is 5.75 Å². The normalized spacial score (nSPS) is 10.2. The molecule has 6 heteroatoms. The van der Waals surface area contributed by atoms with Gasteiger partial charge in [-0.15, -0.1) is 0 Å². The van der Waals surface area contributed by atoms with E-state index in [1.807, 2.05) is 0 Å². The molecule has 2 aromatic rings. The third-order valence-corrected chi connectivity index (χ3v) is 3.30. The average Bonchev–Trinajstić information content (AvgIpc) is 2.48. The molecule has 2 aromatic carbocycles. The van der Waals surface area contributed by atoms with Crippen LogP contribution in [-0.2, 0) is 6.54 Å². The fourth-order valence-electron chi connectivity index (χ4n) is 1.76. The van der Waals surface area contributed by atoms with Crippen LogP contribution in [0.1, 0.15) is 26.3 Å². The Hall–Kier alpha value is -2.21. The molecule has 0 bridgehead atoms. The number of amides is 1. The molecule has 0 aliphatic carbocycles. The number of phenols is 1. The van der Waals surface area contributed by atoms with Crippen LogP contribution in [0.3, 0.4) is 0 Å². The number of carbonyl (C=O) groups excluding carboxylic acids is 2. The third-order valence-electron chi connectivity index (χ3n) is 2.84. The lowest BCUT2D eigenvalue weighted by molar-refractivity contribution is 0.0948. The first-order valence-electron chi connectivity index (χ1n) is 6.01. The first-order valence-corrected chi connectivity index (χ1v) is 6.81. The van der Waals surface area contributed by atoms with Crippen molar-refractivity contribution in [3.63, 3.8) is 0 Å². The maximum absolute atomic E-state index is 12.8. The molecule has 0 heterocycles. The highest BCUT2D eigenvalue weighted by atomic mass is 79.9. The zero-order valence-corrected chi connectivity index (χ0v) is 12.4. The monoisotopic (exact) mass is 351 g/mol. The third kappa shape index (κ3) is 3.66. The van der Waals surface area contributed by atoms with Gasteiger partial charge in [-0.1, -0.05) is 28.1 Å². The van der Waals surface area contributed by atoms with Crippen molar-refractivity contribution >= 4 is 28.1 Å². The van der Waals surface area contributed by atoms with Crippen LogP contribution < -0.4 is 5.32 Å². The van der Waals surface area contributed by atoms with Gasteiger partial charge in [-0.25, -0.2) is 4.39 Å². The van der Waals surface area contributed by atoms with Crippen molar-refractivity contribution in [2.45, 2.75) is 6.54 Å². The summed E-state index contributed by atoms with van der Waals surface area (Å²) < 4.78 is 13.3. The van der Waals surface area contributed by atoms with Crippen molar-refractivity contribution in [3.05, 3.63) is 63.4 Å². The fraction of sp³-hybridized carbons (Fsp3) is 0.0667. The Balaban J connectivity index is 2.15. The molecule has 0 radical (unpaired) electrons. The highest BCUT2D eigenvalue weighted by Gasteiger charge is 2.15. The second-order valence-electron chi connectivity index (χ2n) is 4.32. The van der Waals surface area contributed by atoms with Crippen molar-refractivity contribution in [2.75, 3.05) is 0 Å². The molecular weight excluding hydrogens is 341 g/mol. The maximum Gasteiger partial charge on any atom is 0.255 e. The van der Waals surface area contributed by atoms with Gasteiger partial charge in [0.15, 0.2) is 6.29 Å². The lowest BCUT2D eigenvalue weighted by atomic mass is 10.1. The molecule has 4 nitrogen and oxygen atoms in total. The summed E-state index contributed by atoms with van der Waals surface area (Å²) in [5.74, 6) is -1.25. The van der Waals surface area contributed by atoms with Crippen molar-refractivity contribution in [1.29, 1.82) is 0 Å². The van der Waals surface area contributed by atoms with Crippen molar-refractivity contribution in [2.24, 2.45) is 0 Å². The lowest BCUT2D eigenvalue weighted by Crippen LogP contribution is -2.23. The minimum atomic E-state index is -0.527. The summed E-state index contributed by atoms with van der Waals surface area (Å²) in [5.41, 5.74) is 0.736. The molecule has 2 rings (SSSR count). The quantitative estimate of drug-likeness (QED) is 0.832. The van der Waals surface area contributed by atoms with Crippen LogP contribution in [0.4, 0.5) is 4.39 Å². The van der Waals surface area contributed by atoms with Gasteiger partial charge in [-0.05, 0) is 29.8 Å². The molecule has 0 spiro atoms. The van der Waals surface area contributed by atoms with Crippen LogP contribution in [0.25, 0.3) is 0 Å². The second kappa shape index (κ2) is 6.49. The number of benzene rings is 2. The van der Waals surface area contributed by atoms with Gasteiger partial charge in [0, 0.05) is 11.0 Å². The van der Waals surface area contributed by atoms with E-state index in [0.29, 0.717) is 10.8 Å². The molecule has 108 valence electrons. The molecule has 1 amide bonds. The van der Waals surface area contributed by atoms with Gasteiger partial charge in [0.1, 0.15) is 11.6 Å². The second-order valence-corrected chi connectivity index (χ2v) is 5.23. The smallest absolute Gasteiger partial charge is 0.255 e. The Morgan fingerprint density at radius 3 is 2.57 bits per heavy atom. The molecule has 2 N–H and O–H groups in total. The van der Waals surface area contributed by atoms with Gasteiger partial charge in [-0.2, -0.15) is 0 Å². The molecule has 0 saturated carbocycles. The van der Waals surface area contributed by atoms with E-state index in [2.05, 4.69) is 21.2 Å². The van der Waals surface area contributed by atoms with E-state index in [1.165, 1.54) is 24.3 Å². The minimum absolute atomic E-state index is 0.00594. The Labute approximate surface area is 128 Å². The van der Waals surface area contributed by atoms with E-state index in [4.69, 9.17) is 0 Å². The topological polar surface area (TPSA) is 66.4 Å². The highest BCUT2D eigenvalue weighted by Crippen LogP contribution is 2.26. The molecule has 0 aliphatic heterocycles. The van der Waals surface area contributed by atoms with Crippen LogP contribution in [-0.4, -0.2) is 17.3 Å². The number of hydrogen-bond acceptors (Lipinski definition) is 3. The SMILES string of the molecule is O=Cc1cc(Br)cc(C(=O)NCc2ccc(F)cc2)c1O. The summed E-state index contributed by atoms with van der Waals surface area (Å²) >= 11 is 3.17. The van der Waals surface area contributed by atoms with Crippen molar-refractivity contribution < 1.29 is 19.1 Å². The largest absolute Gasteiger partial charge is 0.506 e. The highest BCUT2D eigenvalue weighted by molar-refractivity contribution is 9.10. The predicted octanol–water partition coefficient (Wildman–Crippen LogP) is 3.04. The summed E-state index contributed by atoms with van der Waals surface area (Å²) in [5, 5.41) is 12.5. The number of rotatable bonds is 4. The first kappa shape index (κ1) is 15.2. The molecule has 21 heavy (non-hydrogen) atoms. The van der Waals surface area contributed by atoms with Crippen LogP contribution in [0.15, 0.2) is 40.9 Å². The first-order chi connectivity index (χ1) is 10.0. The number of nitrogens with one attached hydrogen (secondary N) is 1. The van der Waals surface area contributed by atoms with Crippen LogP contribution >= 0.6 is 15.9 Å². The van der Waals surface area contributed by atoms with Gasteiger partial charge < -0.3 is 10.4 Å². The molecule has 0 aliphatic rings. The van der Waals surface area contributed by atoms with Gasteiger partial charge >= 0.3 is 0 Å². The van der Waals surface area contributed by atoms with Gasteiger partial charge in [0.2, 0.25) is 0 Å². The molecular formula is C15H11BrFNO3. The van der Waals surface area contributed by atoms with E-state index in [-0.39, 0.29) is 29.2 Å². The minimum Gasteiger partial charge on any atom is -0.506 e. The van der Waals surface area contributed by atoms with E-state index < -0.39 is 5.91 Å². The van der Waals surface area contributed by atoms with Gasteiger partial charge in [0.25, 0.3) is 5.91 Å². The van der Waals surface area contributed by atoms with Gasteiger partial charge in [0.05, 0.1) is 11.1 Å². The summed E-state index contributed by atoms with van der Waals surface area (Å²) in [6.07, 6.45) is 0.469. The summed E-state index contributed by atoms with van der Waals surface area (Å²) in [4.78, 5) is 22.9. The number of phenolic OH excluding ortho intramolecular Hbond substituents is 1. The summed E-state index contributed by atoms with van der Waals surface area (Å²) in [7, 11) is 0. The van der Waals surface area contributed by atoms with E-state index in [0.717, 1.165) is 5.56 Å². The van der Waals surface area contributed by atoms with E-state index in [1.54, 1.807) is 12.1 Å². The van der Waals surface area contributed by atoms with Crippen LogP contribution in [0.2, 0.25) is 0 Å². The number of aromatic hydroxyl groups is 1. The van der Waals surface area contributed by atoms with Crippen molar-refractivity contribution in [3.8, 4) is 5.75 Å². The number of aldehydes is 1. The molecule has 0 unspecified atom stereocenters. The fourth-order valence-corrected chi connectivity index (χ4v) is 2.24. The Kier molecular flexibility index (Phi) is 4.70. The molecule has 0 aromatic heterocycles. The zero-order valence-electron chi connectivity index (χ0n) is 10.8. The number of hydrogen-bond donors (Lipinski definition) is 2. The Bertz CT molecular complexity index is 686. The Morgan fingerprint density at radius 1 is 1.29 bits per heavy atom. The number of carbonyl (C=O) groups is 2. The predicted molar refractivity (Wildman–Crippen MR) is 78.8 cm³/mol. The lowest BCUT2D eigenvalue weighted by Gasteiger charge is -2.09. The Morgan fingerprint density at radius 2 is 1.95 bits per heavy atom. The molecule has 0 fully saturated rings. The van der Waals surface area contributed by atoms with E-state index >= 15 is 0 Å². The molecule has 0 atom stereocenters. The average molecular weight is 352 g/mol. The van der Waals surface area contributed by atoms with Gasteiger partial charge in [-0.3, -0.25) is 9.59 Å². The van der Waals surface area contributed by atoms with E-state index in [9.17, 15) is 19.1 Å². The van der Waals surface area contributed by atoms with Crippen LogP contribution in [0, 0.1) is 5.82 Å². The van der Waals surface area contributed by atoms with Crippen molar-refractivity contribution in [1.82, 2.24) is 5.32 Å². The summed E-state index contributed by atoms with van der Waals surface area (Å²) in [6, 6.07) is 8.52. The number of halogens is 2.